The van der Waals surface area contributed by atoms with Gasteiger partial charge in [0, 0.05) is 24.6 Å². The quantitative estimate of drug-likeness (QED) is 0.454. The molecule has 134 valence electrons. The Balaban J connectivity index is 1.99. The standard InChI is InChI=1S/C22H23NO3/c1-3-4-5-9-16-26-21-17-18(12-14-20(21)25-2)13-15-22(24)23-19-10-7-6-8-11-19/h6-8,10-15,17H,3,9,16H2,1-2H3,(H,23,24)/b15-13+. The van der Waals surface area contributed by atoms with Gasteiger partial charge in [0.15, 0.2) is 11.5 Å². The molecule has 2 aromatic rings. The van der Waals surface area contributed by atoms with E-state index in [1.165, 1.54) is 6.08 Å². The molecule has 0 spiro atoms. The first kappa shape index (κ1) is 19.1. The van der Waals surface area contributed by atoms with E-state index in [-0.39, 0.29) is 5.91 Å². The molecule has 0 fully saturated rings. The lowest BCUT2D eigenvalue weighted by molar-refractivity contribution is -0.111. The van der Waals surface area contributed by atoms with Gasteiger partial charge in [-0.25, -0.2) is 0 Å². The number of nitrogens with one attached hydrogen (secondary N) is 1. The van der Waals surface area contributed by atoms with Gasteiger partial charge in [0.05, 0.1) is 13.7 Å². The summed E-state index contributed by atoms with van der Waals surface area (Å²) in [6.07, 6.45) is 4.73. The summed E-state index contributed by atoms with van der Waals surface area (Å²) in [6.45, 7) is 2.51. The molecule has 1 amide bonds. The number of methoxy groups -OCH3 is 1. The second-order valence-corrected chi connectivity index (χ2v) is 5.40. The molecule has 0 atom stereocenters. The first-order valence-electron chi connectivity index (χ1n) is 8.53. The first-order valence-corrected chi connectivity index (χ1v) is 8.53. The predicted molar refractivity (Wildman–Crippen MR) is 105 cm³/mol. The molecule has 0 unspecified atom stereocenters. The summed E-state index contributed by atoms with van der Waals surface area (Å²) in [5, 5.41) is 2.81. The van der Waals surface area contributed by atoms with Crippen LogP contribution in [0.4, 0.5) is 5.69 Å². The van der Waals surface area contributed by atoms with Crippen LogP contribution >= 0.6 is 0 Å². The first-order chi connectivity index (χ1) is 12.7. The van der Waals surface area contributed by atoms with Gasteiger partial charge < -0.3 is 14.8 Å². The molecule has 0 saturated heterocycles. The normalized spacial score (nSPS) is 10.1. The van der Waals surface area contributed by atoms with Gasteiger partial charge >= 0.3 is 0 Å². The minimum atomic E-state index is -0.190. The summed E-state index contributed by atoms with van der Waals surface area (Å²) in [4.78, 5) is 12.0. The van der Waals surface area contributed by atoms with Crippen LogP contribution in [0.25, 0.3) is 6.08 Å². The third-order valence-corrected chi connectivity index (χ3v) is 3.44. The van der Waals surface area contributed by atoms with E-state index in [0.717, 1.165) is 17.7 Å². The topological polar surface area (TPSA) is 47.6 Å². The lowest BCUT2D eigenvalue weighted by Crippen LogP contribution is -2.07. The highest BCUT2D eigenvalue weighted by molar-refractivity contribution is 6.01. The van der Waals surface area contributed by atoms with Crippen LogP contribution < -0.4 is 14.8 Å². The molecule has 4 heteroatoms. The number of para-hydroxylation sites is 1. The van der Waals surface area contributed by atoms with E-state index >= 15 is 0 Å². The van der Waals surface area contributed by atoms with Gasteiger partial charge in [-0.1, -0.05) is 37.1 Å². The average molecular weight is 349 g/mol. The summed E-state index contributed by atoms with van der Waals surface area (Å²) in [5.41, 5.74) is 1.61. The summed E-state index contributed by atoms with van der Waals surface area (Å²) < 4.78 is 11.1. The maximum Gasteiger partial charge on any atom is 0.248 e. The highest BCUT2D eigenvalue weighted by atomic mass is 16.5. The van der Waals surface area contributed by atoms with Gasteiger partial charge in [-0.15, -0.1) is 5.92 Å². The van der Waals surface area contributed by atoms with E-state index in [0.29, 0.717) is 24.5 Å². The summed E-state index contributed by atoms with van der Waals surface area (Å²) in [7, 11) is 1.60. The summed E-state index contributed by atoms with van der Waals surface area (Å²) in [6, 6.07) is 14.9. The van der Waals surface area contributed by atoms with Crippen molar-refractivity contribution in [2.24, 2.45) is 0 Å². The van der Waals surface area contributed by atoms with Crippen molar-refractivity contribution in [3.63, 3.8) is 0 Å². The molecule has 0 aliphatic rings. The van der Waals surface area contributed by atoms with Crippen LogP contribution in [0.2, 0.25) is 0 Å². The molecule has 0 heterocycles. The summed E-state index contributed by atoms with van der Waals surface area (Å²) >= 11 is 0. The van der Waals surface area contributed by atoms with Gasteiger partial charge in [-0.05, 0) is 35.9 Å². The number of hydrogen-bond donors (Lipinski definition) is 1. The monoisotopic (exact) mass is 349 g/mol. The maximum atomic E-state index is 12.0. The molecule has 1 N–H and O–H groups in total. The van der Waals surface area contributed by atoms with Crippen molar-refractivity contribution in [2.75, 3.05) is 19.0 Å². The minimum absolute atomic E-state index is 0.190. The molecule has 0 saturated carbocycles. The third-order valence-electron chi connectivity index (χ3n) is 3.44. The van der Waals surface area contributed by atoms with Crippen molar-refractivity contribution in [1.82, 2.24) is 0 Å². The highest BCUT2D eigenvalue weighted by Gasteiger charge is 2.05. The van der Waals surface area contributed by atoms with E-state index in [1.54, 1.807) is 13.2 Å². The molecular weight excluding hydrogens is 326 g/mol. The number of amides is 1. The average Bonchev–Trinajstić information content (AvgIpc) is 2.67. The van der Waals surface area contributed by atoms with Crippen LogP contribution in [0.5, 0.6) is 11.5 Å². The Kier molecular flexibility index (Phi) is 7.82. The Labute approximate surface area is 154 Å². The van der Waals surface area contributed by atoms with E-state index < -0.39 is 0 Å². The Morgan fingerprint density at radius 2 is 1.92 bits per heavy atom. The highest BCUT2D eigenvalue weighted by Crippen LogP contribution is 2.28. The van der Waals surface area contributed by atoms with Gasteiger partial charge in [0.2, 0.25) is 5.91 Å². The molecule has 2 aromatic carbocycles. The molecule has 0 radical (unpaired) electrons. The van der Waals surface area contributed by atoms with Crippen molar-refractivity contribution in [2.45, 2.75) is 19.8 Å². The smallest absolute Gasteiger partial charge is 0.248 e. The molecule has 0 bridgehead atoms. The van der Waals surface area contributed by atoms with Crippen molar-refractivity contribution < 1.29 is 14.3 Å². The van der Waals surface area contributed by atoms with E-state index in [2.05, 4.69) is 17.2 Å². The van der Waals surface area contributed by atoms with Crippen LogP contribution in [0.1, 0.15) is 25.3 Å². The van der Waals surface area contributed by atoms with E-state index in [1.807, 2.05) is 55.5 Å². The maximum absolute atomic E-state index is 12.0. The second-order valence-electron chi connectivity index (χ2n) is 5.40. The Bertz CT molecular complexity index is 801. The predicted octanol–water partition coefficient (Wildman–Crippen LogP) is 4.53. The Morgan fingerprint density at radius 1 is 1.12 bits per heavy atom. The lowest BCUT2D eigenvalue weighted by Gasteiger charge is -2.10. The fourth-order valence-corrected chi connectivity index (χ4v) is 2.21. The van der Waals surface area contributed by atoms with Crippen molar-refractivity contribution >= 4 is 17.7 Å². The van der Waals surface area contributed by atoms with Crippen LogP contribution in [-0.2, 0) is 4.79 Å². The molecule has 4 nitrogen and oxygen atoms in total. The zero-order valence-corrected chi connectivity index (χ0v) is 15.1. The minimum Gasteiger partial charge on any atom is -0.493 e. The summed E-state index contributed by atoms with van der Waals surface area (Å²) in [5.74, 6) is 7.15. The van der Waals surface area contributed by atoms with Crippen LogP contribution in [0.3, 0.4) is 0 Å². The molecule has 0 aliphatic carbocycles. The lowest BCUT2D eigenvalue weighted by atomic mass is 10.2. The zero-order chi connectivity index (χ0) is 18.6. The number of benzene rings is 2. The number of hydrogen-bond acceptors (Lipinski definition) is 3. The SMILES string of the molecule is CCC#CCCOc1cc(/C=C/C(=O)Nc2ccccc2)ccc1OC. The van der Waals surface area contributed by atoms with Gasteiger partial charge in [0.1, 0.15) is 0 Å². The molecular formula is C22H23NO3. The Morgan fingerprint density at radius 3 is 2.65 bits per heavy atom. The van der Waals surface area contributed by atoms with E-state index in [9.17, 15) is 4.79 Å². The second kappa shape index (κ2) is 10.6. The van der Waals surface area contributed by atoms with Crippen LogP contribution in [-0.4, -0.2) is 19.6 Å². The van der Waals surface area contributed by atoms with Crippen molar-refractivity contribution in [1.29, 1.82) is 0 Å². The largest absolute Gasteiger partial charge is 0.493 e. The number of carbonyl (C=O) groups is 1. The van der Waals surface area contributed by atoms with Crippen LogP contribution in [0, 0.1) is 11.8 Å². The number of carbonyl (C=O) groups excluding carboxylic acids is 1. The van der Waals surface area contributed by atoms with Crippen LogP contribution in [0.15, 0.2) is 54.6 Å². The van der Waals surface area contributed by atoms with Gasteiger partial charge in [-0.3, -0.25) is 4.79 Å². The number of anilines is 1. The third kappa shape index (κ3) is 6.37. The Hall–Kier alpha value is -3.19. The molecule has 0 aromatic heterocycles. The fourth-order valence-electron chi connectivity index (χ4n) is 2.21. The van der Waals surface area contributed by atoms with Crippen molar-refractivity contribution in [3.05, 3.63) is 60.2 Å². The zero-order valence-electron chi connectivity index (χ0n) is 15.1. The number of ether oxygens (including phenoxy) is 2. The van der Waals surface area contributed by atoms with Gasteiger partial charge in [0.25, 0.3) is 0 Å². The molecule has 0 aliphatic heterocycles. The van der Waals surface area contributed by atoms with Gasteiger partial charge in [-0.2, -0.15) is 0 Å². The van der Waals surface area contributed by atoms with E-state index in [4.69, 9.17) is 9.47 Å². The number of rotatable bonds is 7. The van der Waals surface area contributed by atoms with Crippen molar-refractivity contribution in [3.8, 4) is 23.3 Å². The molecule has 26 heavy (non-hydrogen) atoms. The fraction of sp³-hybridized carbons (Fsp3) is 0.227. The molecule has 2 rings (SSSR count).